The number of carbonyl (C=O) groups excluding carboxylic acids is 1. The minimum Gasteiger partial charge on any atom is -0.340 e. The molecule has 128 valence electrons. The highest BCUT2D eigenvalue weighted by Gasteiger charge is 2.20. The van der Waals surface area contributed by atoms with E-state index < -0.39 is 0 Å². The second-order valence-corrected chi connectivity index (χ2v) is 7.21. The monoisotopic (exact) mass is 349 g/mol. The average molecular weight is 349 g/mol. The Morgan fingerprint density at radius 2 is 1.72 bits per heavy atom. The fourth-order valence-corrected chi connectivity index (χ4v) is 4.21. The van der Waals surface area contributed by atoms with Gasteiger partial charge in [0.1, 0.15) is 0 Å². The molecule has 0 bridgehead atoms. The maximum Gasteiger partial charge on any atom is 0.153 e. The third kappa shape index (κ3) is 3.42. The van der Waals surface area contributed by atoms with Crippen molar-refractivity contribution in [3.63, 3.8) is 0 Å². The maximum absolute atomic E-state index is 11.9. The van der Waals surface area contributed by atoms with Crippen LogP contribution in [0.1, 0.15) is 26.3 Å². The largest absolute Gasteiger partial charge is 0.340 e. The first-order chi connectivity index (χ1) is 12.2. The summed E-state index contributed by atoms with van der Waals surface area (Å²) in [7, 11) is 0. The van der Waals surface area contributed by atoms with Gasteiger partial charge < -0.3 is 4.57 Å². The Kier molecular flexibility index (Phi) is 5.44. The van der Waals surface area contributed by atoms with E-state index in [9.17, 15) is 4.79 Å². The van der Waals surface area contributed by atoms with Crippen molar-refractivity contribution in [2.45, 2.75) is 27.3 Å². The van der Waals surface area contributed by atoms with Gasteiger partial charge in [-0.05, 0) is 37.3 Å². The van der Waals surface area contributed by atoms with Gasteiger partial charge in [-0.25, -0.2) is 0 Å². The topological polar surface area (TPSA) is 22.0 Å². The minimum atomic E-state index is 0.0864. The molecule has 0 amide bonds. The third-order valence-electron chi connectivity index (χ3n) is 4.21. The van der Waals surface area contributed by atoms with Crippen LogP contribution in [-0.4, -0.2) is 16.1 Å². The highest BCUT2D eigenvalue weighted by molar-refractivity contribution is 8.08. The van der Waals surface area contributed by atoms with E-state index >= 15 is 0 Å². The minimum absolute atomic E-state index is 0.0864. The van der Waals surface area contributed by atoms with Crippen molar-refractivity contribution in [3.8, 4) is 11.3 Å². The molecule has 0 spiro atoms. The summed E-state index contributed by atoms with van der Waals surface area (Å²) in [6.45, 7) is 6.80. The normalized spacial score (nSPS) is 11.9. The fraction of sp³-hybridized carbons (Fsp3) is 0.227. The van der Waals surface area contributed by atoms with Gasteiger partial charge in [-0.15, -0.1) is 11.8 Å². The molecule has 0 unspecified atom stereocenters. The number of hydrogen-bond donors (Lipinski definition) is 0. The Hall–Kier alpha value is -2.26. The number of aromatic nitrogens is 1. The third-order valence-corrected chi connectivity index (χ3v) is 5.14. The van der Waals surface area contributed by atoms with Crippen LogP contribution in [0.3, 0.4) is 0 Å². The molecule has 1 aromatic heterocycles. The first-order valence-electron chi connectivity index (χ1n) is 8.69. The quantitative estimate of drug-likeness (QED) is 0.508. The van der Waals surface area contributed by atoms with Crippen LogP contribution in [0, 0.1) is 0 Å². The SMILES string of the molecule is CCSC(=CC(C)=O)c1c(-c2ccccc2)n(CC)c2ccccc12. The Bertz CT molecular complexity index is 922. The Morgan fingerprint density at radius 3 is 2.36 bits per heavy atom. The summed E-state index contributed by atoms with van der Waals surface area (Å²) < 4.78 is 2.35. The number of benzene rings is 2. The number of para-hydroxylation sites is 1. The van der Waals surface area contributed by atoms with Gasteiger partial charge in [0, 0.05) is 27.9 Å². The lowest BCUT2D eigenvalue weighted by Crippen LogP contribution is -1.98. The lowest BCUT2D eigenvalue weighted by atomic mass is 10.0. The number of fused-ring (bicyclic) bond motifs is 1. The van der Waals surface area contributed by atoms with E-state index in [2.05, 4.69) is 66.9 Å². The number of allylic oxidation sites excluding steroid dienone is 1. The number of thioether (sulfide) groups is 1. The Balaban J connectivity index is 2.42. The number of ketones is 1. The molecular weight excluding hydrogens is 326 g/mol. The first-order valence-corrected chi connectivity index (χ1v) is 9.68. The van der Waals surface area contributed by atoms with E-state index in [0.717, 1.165) is 17.2 Å². The molecule has 0 saturated heterocycles. The van der Waals surface area contributed by atoms with Crippen molar-refractivity contribution >= 4 is 33.4 Å². The van der Waals surface area contributed by atoms with Crippen molar-refractivity contribution in [3.05, 3.63) is 66.2 Å². The number of carbonyl (C=O) groups is 1. The highest BCUT2D eigenvalue weighted by atomic mass is 32.2. The lowest BCUT2D eigenvalue weighted by Gasteiger charge is -2.12. The van der Waals surface area contributed by atoms with Gasteiger partial charge in [0.05, 0.1) is 5.69 Å². The molecule has 25 heavy (non-hydrogen) atoms. The number of aryl methyl sites for hydroxylation is 1. The molecule has 0 saturated carbocycles. The van der Waals surface area contributed by atoms with E-state index in [-0.39, 0.29) is 5.78 Å². The molecular formula is C22H23NOS. The zero-order valence-electron chi connectivity index (χ0n) is 15.0. The Labute approximate surface area is 153 Å². The standard InChI is InChI=1S/C22H23NOS/c1-4-23-19-14-10-9-13-18(19)21(20(25-5-2)15-16(3)24)22(23)17-11-7-6-8-12-17/h6-15H,4-5H2,1-3H3. The summed E-state index contributed by atoms with van der Waals surface area (Å²) in [6.07, 6.45) is 1.78. The van der Waals surface area contributed by atoms with Gasteiger partial charge in [-0.3, -0.25) is 4.79 Å². The summed E-state index contributed by atoms with van der Waals surface area (Å²) in [6, 6.07) is 18.9. The second-order valence-electron chi connectivity index (χ2n) is 5.90. The van der Waals surface area contributed by atoms with E-state index in [1.54, 1.807) is 24.8 Å². The van der Waals surface area contributed by atoms with Crippen molar-refractivity contribution in [1.82, 2.24) is 4.57 Å². The predicted octanol–water partition coefficient (Wildman–Crippen LogP) is 6.01. The van der Waals surface area contributed by atoms with E-state index in [1.807, 2.05) is 6.07 Å². The van der Waals surface area contributed by atoms with Crippen molar-refractivity contribution in [2.24, 2.45) is 0 Å². The van der Waals surface area contributed by atoms with Crippen LogP contribution in [0.5, 0.6) is 0 Å². The van der Waals surface area contributed by atoms with Gasteiger partial charge in [-0.2, -0.15) is 0 Å². The number of hydrogen-bond acceptors (Lipinski definition) is 2. The molecule has 2 aromatic carbocycles. The first kappa shape index (κ1) is 17.6. The van der Waals surface area contributed by atoms with Crippen LogP contribution in [0.15, 0.2) is 60.7 Å². The molecule has 0 aliphatic heterocycles. The highest BCUT2D eigenvalue weighted by Crippen LogP contribution is 2.42. The molecule has 3 rings (SSSR count). The maximum atomic E-state index is 11.9. The summed E-state index contributed by atoms with van der Waals surface area (Å²) in [4.78, 5) is 12.9. The van der Waals surface area contributed by atoms with Crippen LogP contribution in [0.25, 0.3) is 27.1 Å². The predicted molar refractivity (Wildman–Crippen MR) is 110 cm³/mol. The molecule has 0 atom stereocenters. The average Bonchev–Trinajstić information content (AvgIpc) is 2.96. The van der Waals surface area contributed by atoms with Crippen molar-refractivity contribution in [1.29, 1.82) is 0 Å². The summed E-state index contributed by atoms with van der Waals surface area (Å²) in [5.74, 6) is 1.02. The molecule has 0 aliphatic rings. The van der Waals surface area contributed by atoms with Crippen LogP contribution >= 0.6 is 11.8 Å². The van der Waals surface area contributed by atoms with E-state index in [0.29, 0.717) is 0 Å². The van der Waals surface area contributed by atoms with Crippen molar-refractivity contribution < 1.29 is 4.79 Å². The smallest absolute Gasteiger partial charge is 0.153 e. The van der Waals surface area contributed by atoms with Gasteiger partial charge in [0.15, 0.2) is 5.78 Å². The lowest BCUT2D eigenvalue weighted by molar-refractivity contribution is -0.112. The molecule has 2 nitrogen and oxygen atoms in total. The summed E-state index contributed by atoms with van der Waals surface area (Å²) in [5, 5.41) is 1.21. The van der Waals surface area contributed by atoms with Crippen LogP contribution in [0.2, 0.25) is 0 Å². The zero-order valence-corrected chi connectivity index (χ0v) is 15.8. The Morgan fingerprint density at radius 1 is 1.04 bits per heavy atom. The van der Waals surface area contributed by atoms with Crippen LogP contribution in [-0.2, 0) is 11.3 Å². The van der Waals surface area contributed by atoms with Crippen LogP contribution in [0.4, 0.5) is 0 Å². The number of rotatable bonds is 6. The molecule has 0 fully saturated rings. The second kappa shape index (κ2) is 7.75. The van der Waals surface area contributed by atoms with Gasteiger partial charge in [0.2, 0.25) is 0 Å². The molecule has 3 heteroatoms. The fourth-order valence-electron chi connectivity index (χ4n) is 3.30. The van der Waals surface area contributed by atoms with Crippen molar-refractivity contribution in [2.75, 3.05) is 5.75 Å². The van der Waals surface area contributed by atoms with E-state index in [1.165, 1.54) is 27.7 Å². The molecule has 0 radical (unpaired) electrons. The van der Waals surface area contributed by atoms with Gasteiger partial charge in [-0.1, -0.05) is 55.5 Å². The van der Waals surface area contributed by atoms with E-state index in [4.69, 9.17) is 0 Å². The molecule has 0 aliphatic carbocycles. The summed E-state index contributed by atoms with van der Waals surface area (Å²) >= 11 is 1.73. The van der Waals surface area contributed by atoms with Crippen LogP contribution < -0.4 is 0 Å². The molecule has 3 aromatic rings. The van der Waals surface area contributed by atoms with Gasteiger partial charge in [0.25, 0.3) is 0 Å². The summed E-state index contributed by atoms with van der Waals surface area (Å²) in [5.41, 5.74) is 4.76. The zero-order chi connectivity index (χ0) is 17.8. The molecule has 1 heterocycles. The number of nitrogens with zero attached hydrogens (tertiary/aromatic N) is 1. The van der Waals surface area contributed by atoms with Gasteiger partial charge >= 0.3 is 0 Å². The molecule has 0 N–H and O–H groups in total.